The van der Waals surface area contributed by atoms with Crippen molar-refractivity contribution < 1.29 is 8.78 Å². The summed E-state index contributed by atoms with van der Waals surface area (Å²) in [5, 5.41) is 1.76. The van der Waals surface area contributed by atoms with E-state index in [0.717, 1.165) is 26.7 Å². The van der Waals surface area contributed by atoms with Crippen molar-refractivity contribution >= 4 is 23.2 Å². The van der Waals surface area contributed by atoms with Gasteiger partial charge in [-0.25, -0.2) is 8.78 Å². The highest BCUT2D eigenvalue weighted by Gasteiger charge is 2.04. The van der Waals surface area contributed by atoms with Crippen molar-refractivity contribution in [3.8, 4) is 0 Å². The van der Waals surface area contributed by atoms with Gasteiger partial charge in [0, 0.05) is 10.0 Å². The van der Waals surface area contributed by atoms with Crippen LogP contribution < -0.4 is 0 Å². The Morgan fingerprint density at radius 3 is 1.33 bits per heavy atom. The molecule has 4 heteroatoms. The average molecular weight is 748 g/mol. The second-order valence-corrected chi connectivity index (χ2v) is 15.6. The standard InChI is InChI=1S/2C10H13Cl.C10H14.2C9H11F/c1-7(2)9-5-4-8(3)10(11)6-9;1-7(2)9-5-4-8(3)6-10(9)11;1-8(2)10-6-4-9(3)5-7-10;1-7(2)8-4-3-5-9(10)6-8;1-7(2)8-5-3-4-6-9(8)10/h2*4-7H,1-3H3;4-8H,1-3H3;2*3-7H,1-2H3. The molecule has 0 spiro atoms. The maximum atomic E-state index is 12.8. The molecule has 0 saturated carbocycles. The molecule has 0 fully saturated rings. The number of aryl methyl sites for hydroxylation is 3. The molecule has 0 nitrogen and oxygen atoms in total. The van der Waals surface area contributed by atoms with Gasteiger partial charge in [0.05, 0.1) is 0 Å². The predicted octanol–water partition coefficient (Wildman–Crippen LogP) is 16.6. The van der Waals surface area contributed by atoms with Gasteiger partial charge in [0.2, 0.25) is 0 Å². The summed E-state index contributed by atoms with van der Waals surface area (Å²) >= 11 is 12.0. The first-order valence-electron chi connectivity index (χ1n) is 18.4. The Labute approximate surface area is 325 Å². The fourth-order valence-corrected chi connectivity index (χ4v) is 5.47. The third kappa shape index (κ3) is 17.8. The lowest BCUT2D eigenvalue weighted by Crippen LogP contribution is -1.90. The predicted molar refractivity (Wildman–Crippen MR) is 227 cm³/mol. The van der Waals surface area contributed by atoms with Gasteiger partial charge in [-0.3, -0.25) is 0 Å². The van der Waals surface area contributed by atoms with E-state index in [1.807, 2.05) is 51.1 Å². The molecular formula is C48H62Cl2F2. The maximum Gasteiger partial charge on any atom is 0.126 e. The summed E-state index contributed by atoms with van der Waals surface area (Å²) in [6.07, 6.45) is 0. The molecule has 0 unspecified atom stereocenters. The Morgan fingerprint density at radius 1 is 0.404 bits per heavy atom. The molecule has 0 saturated heterocycles. The van der Waals surface area contributed by atoms with E-state index in [-0.39, 0.29) is 17.6 Å². The number of benzene rings is 5. The van der Waals surface area contributed by atoms with E-state index in [0.29, 0.717) is 23.7 Å². The molecule has 282 valence electrons. The molecule has 5 rings (SSSR count). The first-order chi connectivity index (χ1) is 24.3. The van der Waals surface area contributed by atoms with Crippen molar-refractivity contribution in [3.63, 3.8) is 0 Å². The van der Waals surface area contributed by atoms with Crippen LogP contribution in [-0.4, -0.2) is 0 Å². The lowest BCUT2D eigenvalue weighted by molar-refractivity contribution is 0.598. The van der Waals surface area contributed by atoms with Crippen LogP contribution >= 0.6 is 23.2 Å². The minimum absolute atomic E-state index is 0.0995. The van der Waals surface area contributed by atoms with Crippen LogP contribution in [0.5, 0.6) is 0 Å². The quantitative estimate of drug-likeness (QED) is 0.168. The van der Waals surface area contributed by atoms with Crippen LogP contribution in [-0.2, 0) is 0 Å². The number of hydrogen-bond acceptors (Lipinski definition) is 0. The van der Waals surface area contributed by atoms with Crippen LogP contribution in [0.2, 0.25) is 10.0 Å². The van der Waals surface area contributed by atoms with Crippen molar-refractivity contribution in [2.24, 2.45) is 0 Å². The van der Waals surface area contributed by atoms with Crippen LogP contribution in [0.3, 0.4) is 0 Å². The monoisotopic (exact) mass is 746 g/mol. The molecule has 5 aromatic rings. The normalized spacial score (nSPS) is 10.5. The number of rotatable bonds is 5. The van der Waals surface area contributed by atoms with Crippen LogP contribution in [0.1, 0.15) is 143 Å². The van der Waals surface area contributed by atoms with Gasteiger partial charge in [-0.15, -0.1) is 0 Å². The Morgan fingerprint density at radius 2 is 0.904 bits per heavy atom. The molecule has 52 heavy (non-hydrogen) atoms. The minimum Gasteiger partial charge on any atom is -0.207 e. The molecule has 0 aromatic heterocycles. The van der Waals surface area contributed by atoms with Gasteiger partial charge in [0.1, 0.15) is 11.6 Å². The number of hydrogen-bond donors (Lipinski definition) is 0. The molecule has 0 amide bonds. The van der Waals surface area contributed by atoms with Crippen LogP contribution in [0.25, 0.3) is 0 Å². The Hall–Kier alpha value is -3.46. The lowest BCUT2D eigenvalue weighted by atomic mass is 10.0. The van der Waals surface area contributed by atoms with E-state index in [2.05, 4.69) is 118 Å². The molecule has 0 aliphatic carbocycles. The van der Waals surface area contributed by atoms with Gasteiger partial charge < -0.3 is 0 Å². The van der Waals surface area contributed by atoms with Gasteiger partial charge in [-0.05, 0) is 120 Å². The minimum atomic E-state index is -0.147. The van der Waals surface area contributed by atoms with Gasteiger partial charge in [-0.2, -0.15) is 0 Å². The van der Waals surface area contributed by atoms with Crippen LogP contribution in [0, 0.1) is 32.4 Å². The summed E-state index contributed by atoms with van der Waals surface area (Å²) < 4.78 is 25.4. The maximum absolute atomic E-state index is 12.8. The van der Waals surface area contributed by atoms with E-state index in [4.69, 9.17) is 23.2 Å². The topological polar surface area (TPSA) is 0 Å². The molecule has 0 bridgehead atoms. The van der Waals surface area contributed by atoms with E-state index < -0.39 is 0 Å². The molecule has 0 N–H and O–H groups in total. The van der Waals surface area contributed by atoms with E-state index in [9.17, 15) is 8.78 Å². The van der Waals surface area contributed by atoms with Crippen molar-refractivity contribution in [1.29, 1.82) is 0 Å². The van der Waals surface area contributed by atoms with Gasteiger partial charge in [0.15, 0.2) is 0 Å². The van der Waals surface area contributed by atoms with Gasteiger partial charge in [-0.1, -0.05) is 177 Å². The van der Waals surface area contributed by atoms with Crippen LogP contribution in [0.4, 0.5) is 8.78 Å². The van der Waals surface area contributed by atoms with E-state index in [1.165, 1.54) is 39.9 Å². The molecule has 0 heterocycles. The first-order valence-corrected chi connectivity index (χ1v) is 19.2. The molecule has 0 radical (unpaired) electrons. The Bertz CT molecular complexity index is 1730. The summed E-state index contributed by atoms with van der Waals surface area (Å²) in [4.78, 5) is 0. The summed E-state index contributed by atoms with van der Waals surface area (Å²) in [5.74, 6) is 2.18. The van der Waals surface area contributed by atoms with Gasteiger partial charge >= 0.3 is 0 Å². The van der Waals surface area contributed by atoms with Gasteiger partial charge in [0.25, 0.3) is 0 Å². The van der Waals surface area contributed by atoms with E-state index >= 15 is 0 Å². The molecule has 0 atom stereocenters. The Balaban J connectivity index is 0.000000325. The second kappa shape index (κ2) is 24.0. The highest BCUT2D eigenvalue weighted by molar-refractivity contribution is 6.31. The highest BCUT2D eigenvalue weighted by atomic mass is 35.5. The van der Waals surface area contributed by atoms with Crippen molar-refractivity contribution in [1.82, 2.24) is 0 Å². The molecule has 0 aliphatic rings. The highest BCUT2D eigenvalue weighted by Crippen LogP contribution is 2.25. The zero-order valence-electron chi connectivity index (χ0n) is 33.8. The van der Waals surface area contributed by atoms with E-state index in [1.54, 1.807) is 18.2 Å². The smallest absolute Gasteiger partial charge is 0.126 e. The fourth-order valence-electron chi connectivity index (χ4n) is 4.83. The molecular weight excluding hydrogens is 685 g/mol. The first kappa shape index (κ1) is 46.6. The molecule has 5 aromatic carbocycles. The largest absolute Gasteiger partial charge is 0.207 e. The van der Waals surface area contributed by atoms with Crippen molar-refractivity contribution in [3.05, 3.63) is 175 Å². The SMILES string of the molecule is CC(C)c1cccc(F)c1.CC(C)c1ccccc1F.Cc1ccc(C(C)C)c(Cl)c1.Cc1ccc(C(C)C)cc1.Cc1ccc(C(C)C)cc1Cl. The Kier molecular flexibility index (Phi) is 21.5. The second-order valence-electron chi connectivity index (χ2n) is 14.8. The zero-order chi connectivity index (χ0) is 39.5. The third-order valence-corrected chi connectivity index (χ3v) is 9.16. The average Bonchev–Trinajstić information content (AvgIpc) is 3.07. The fraction of sp³-hybridized carbons (Fsp3) is 0.375. The third-order valence-electron chi connectivity index (χ3n) is 8.43. The summed E-state index contributed by atoms with van der Waals surface area (Å²) in [6, 6.07) is 34.8. The van der Waals surface area contributed by atoms with Crippen molar-refractivity contribution in [2.75, 3.05) is 0 Å². The van der Waals surface area contributed by atoms with Crippen molar-refractivity contribution in [2.45, 2.75) is 120 Å². The summed E-state index contributed by atoms with van der Waals surface area (Å²) in [7, 11) is 0. The molecule has 0 aliphatic heterocycles. The zero-order valence-corrected chi connectivity index (χ0v) is 35.3. The lowest BCUT2D eigenvalue weighted by Gasteiger charge is -2.07. The summed E-state index contributed by atoms with van der Waals surface area (Å²) in [5.41, 5.74) is 9.52. The van der Waals surface area contributed by atoms with Crippen LogP contribution in [0.15, 0.2) is 109 Å². The summed E-state index contributed by atoms with van der Waals surface area (Å²) in [6.45, 7) is 27.3. The number of halogens is 4.